The number of nitrogens with zero attached hydrogens (tertiary/aromatic N) is 2. The van der Waals surface area contributed by atoms with Gasteiger partial charge in [0.15, 0.2) is 0 Å². The van der Waals surface area contributed by atoms with Gasteiger partial charge in [0.2, 0.25) is 5.91 Å². The van der Waals surface area contributed by atoms with Crippen LogP contribution < -0.4 is 11.1 Å². The second-order valence-electron chi connectivity index (χ2n) is 7.72. The maximum Gasteiger partial charge on any atom is 0.237 e. The van der Waals surface area contributed by atoms with Crippen molar-refractivity contribution in [1.82, 2.24) is 10.2 Å². The fourth-order valence-electron chi connectivity index (χ4n) is 4.43. The maximum atomic E-state index is 12.9. The first kappa shape index (κ1) is 18.8. The van der Waals surface area contributed by atoms with Crippen LogP contribution >= 0.6 is 0 Å². The highest BCUT2D eigenvalue weighted by atomic mass is 16.3. The molecule has 1 amide bonds. The van der Waals surface area contributed by atoms with Gasteiger partial charge >= 0.3 is 0 Å². The first-order valence-electron chi connectivity index (χ1n) is 9.81. The average Bonchev–Trinajstić information content (AvgIpc) is 2.67. The molecule has 1 heterocycles. The Bertz CT molecular complexity index is 643. The van der Waals surface area contributed by atoms with E-state index in [0.717, 1.165) is 18.7 Å². The van der Waals surface area contributed by atoms with Gasteiger partial charge in [-0.25, -0.2) is 0 Å². The molecule has 0 saturated heterocycles. The number of nitrogen functional groups attached to an aromatic ring is 1. The number of benzene rings is 1. The molecule has 1 aromatic carbocycles. The van der Waals surface area contributed by atoms with Crippen LogP contribution in [0.1, 0.15) is 56.2 Å². The Morgan fingerprint density at radius 3 is 2.85 bits per heavy atom. The predicted molar refractivity (Wildman–Crippen MR) is 104 cm³/mol. The van der Waals surface area contributed by atoms with Gasteiger partial charge in [0.25, 0.3) is 0 Å². The third-order valence-electron chi connectivity index (χ3n) is 5.76. The van der Waals surface area contributed by atoms with Gasteiger partial charge in [0.1, 0.15) is 6.04 Å². The van der Waals surface area contributed by atoms with E-state index in [-0.39, 0.29) is 24.5 Å². The molecule has 0 radical (unpaired) electrons. The van der Waals surface area contributed by atoms with Crippen molar-refractivity contribution < 1.29 is 4.79 Å². The topological polar surface area (TPSA) is 87.8 Å². The number of carbonyl (C=O) groups excluding carboxylic acids is 1. The van der Waals surface area contributed by atoms with E-state index in [1.165, 1.54) is 43.2 Å². The number of fused-ring (bicyclic) bond motifs is 1. The number of carbonyl (C=O) groups is 1. The summed E-state index contributed by atoms with van der Waals surface area (Å²) in [5.74, 6) is 0.607. The van der Waals surface area contributed by atoms with Gasteiger partial charge in [-0.3, -0.25) is 4.79 Å². The van der Waals surface area contributed by atoms with Gasteiger partial charge in [-0.2, -0.15) is 4.91 Å². The number of hydrogen-bond donors (Lipinski definition) is 2. The van der Waals surface area contributed by atoms with Crippen molar-refractivity contribution in [3.63, 3.8) is 0 Å². The molecule has 1 saturated carbocycles. The maximum absolute atomic E-state index is 12.9. The Morgan fingerprint density at radius 2 is 2.12 bits per heavy atom. The molecule has 2 unspecified atom stereocenters. The number of hydrogen-bond acceptors (Lipinski definition) is 5. The molecular formula is C20H30N4O2. The zero-order chi connectivity index (χ0) is 18.5. The molecule has 1 aromatic rings. The zero-order valence-electron chi connectivity index (χ0n) is 15.6. The second-order valence-corrected chi connectivity index (χ2v) is 7.72. The van der Waals surface area contributed by atoms with Crippen LogP contribution in [0.2, 0.25) is 0 Å². The van der Waals surface area contributed by atoms with Crippen molar-refractivity contribution in [2.75, 3.05) is 25.4 Å². The van der Waals surface area contributed by atoms with Crippen molar-refractivity contribution in [3.05, 3.63) is 34.2 Å². The van der Waals surface area contributed by atoms with E-state index in [1.807, 2.05) is 11.0 Å². The van der Waals surface area contributed by atoms with E-state index in [9.17, 15) is 9.70 Å². The van der Waals surface area contributed by atoms with Gasteiger partial charge in [-0.05, 0) is 55.4 Å². The number of anilines is 1. The molecule has 3 N–H and O–H groups in total. The highest BCUT2D eigenvalue weighted by Crippen LogP contribution is 2.42. The lowest BCUT2D eigenvalue weighted by Crippen LogP contribution is -2.47. The molecule has 3 rings (SSSR count). The molecule has 1 aliphatic heterocycles. The SMILES string of the molecule is CC(CNCC(=O)N1CCc2ccc(N)cc2C1C1CCCCC1)N=O. The lowest BCUT2D eigenvalue weighted by molar-refractivity contribution is -0.134. The first-order chi connectivity index (χ1) is 12.6. The van der Waals surface area contributed by atoms with Gasteiger partial charge in [-0.1, -0.05) is 30.5 Å². The number of rotatable bonds is 6. The van der Waals surface area contributed by atoms with Crippen LogP contribution in [0.4, 0.5) is 5.69 Å². The highest BCUT2D eigenvalue weighted by Gasteiger charge is 2.36. The van der Waals surface area contributed by atoms with E-state index in [0.29, 0.717) is 12.5 Å². The molecule has 0 aromatic heterocycles. The predicted octanol–water partition coefficient (Wildman–Crippen LogP) is 3.02. The molecule has 6 heteroatoms. The molecule has 6 nitrogen and oxygen atoms in total. The third-order valence-corrected chi connectivity index (χ3v) is 5.76. The summed E-state index contributed by atoms with van der Waals surface area (Å²) in [6.07, 6.45) is 6.98. The summed E-state index contributed by atoms with van der Waals surface area (Å²) in [5, 5.41) is 6.06. The van der Waals surface area contributed by atoms with Crippen LogP contribution in [0.5, 0.6) is 0 Å². The Hall–Kier alpha value is -1.95. The fourth-order valence-corrected chi connectivity index (χ4v) is 4.43. The second kappa shape index (κ2) is 8.62. The minimum atomic E-state index is -0.321. The summed E-state index contributed by atoms with van der Waals surface area (Å²) in [7, 11) is 0. The van der Waals surface area contributed by atoms with Gasteiger partial charge in [0.05, 0.1) is 12.6 Å². The van der Waals surface area contributed by atoms with Crippen molar-refractivity contribution in [2.24, 2.45) is 11.1 Å². The Labute approximate surface area is 155 Å². The molecule has 142 valence electrons. The van der Waals surface area contributed by atoms with Crippen LogP contribution in [0.25, 0.3) is 0 Å². The highest BCUT2D eigenvalue weighted by molar-refractivity contribution is 5.79. The van der Waals surface area contributed by atoms with E-state index >= 15 is 0 Å². The van der Waals surface area contributed by atoms with Crippen molar-refractivity contribution in [2.45, 2.75) is 57.5 Å². The van der Waals surface area contributed by atoms with E-state index < -0.39 is 0 Å². The normalized spacial score (nSPS) is 21.9. The minimum absolute atomic E-state index is 0.103. The van der Waals surface area contributed by atoms with E-state index in [4.69, 9.17) is 5.73 Å². The summed E-state index contributed by atoms with van der Waals surface area (Å²) < 4.78 is 0. The number of nitroso groups, excluding NO2 is 1. The van der Waals surface area contributed by atoms with Crippen LogP contribution in [-0.2, 0) is 11.2 Å². The summed E-state index contributed by atoms with van der Waals surface area (Å²) in [6, 6.07) is 5.96. The number of amides is 1. The molecule has 1 fully saturated rings. The van der Waals surface area contributed by atoms with Gasteiger partial charge < -0.3 is 16.0 Å². The summed E-state index contributed by atoms with van der Waals surface area (Å²) in [6.45, 7) is 3.18. The largest absolute Gasteiger partial charge is 0.399 e. The number of nitrogens with two attached hydrogens (primary N) is 1. The molecule has 1 aliphatic carbocycles. The van der Waals surface area contributed by atoms with Crippen molar-refractivity contribution >= 4 is 11.6 Å². The minimum Gasteiger partial charge on any atom is -0.399 e. The zero-order valence-corrected chi connectivity index (χ0v) is 15.6. The standard InChI is InChI=1S/C20H30N4O2/c1-14(23-26)12-22-13-19(25)24-10-9-15-7-8-17(21)11-18(15)20(24)16-5-3-2-4-6-16/h7-8,11,14,16,20,22H,2-6,9-10,12-13,21H2,1H3. The van der Waals surface area contributed by atoms with Gasteiger partial charge in [-0.15, -0.1) is 0 Å². The van der Waals surface area contributed by atoms with Crippen molar-refractivity contribution in [1.29, 1.82) is 0 Å². The van der Waals surface area contributed by atoms with Crippen LogP contribution in [0.15, 0.2) is 23.4 Å². The Kier molecular flexibility index (Phi) is 6.25. The molecule has 2 aliphatic rings. The summed E-state index contributed by atoms with van der Waals surface area (Å²) >= 11 is 0. The van der Waals surface area contributed by atoms with Crippen LogP contribution in [-0.4, -0.2) is 36.5 Å². The molecular weight excluding hydrogens is 328 g/mol. The third kappa shape index (κ3) is 4.23. The van der Waals surface area contributed by atoms with E-state index in [1.54, 1.807) is 6.92 Å². The lowest BCUT2D eigenvalue weighted by atomic mass is 9.77. The average molecular weight is 358 g/mol. The fraction of sp³-hybridized carbons (Fsp3) is 0.650. The van der Waals surface area contributed by atoms with E-state index in [2.05, 4.69) is 22.6 Å². The Balaban J connectivity index is 1.79. The smallest absolute Gasteiger partial charge is 0.237 e. The number of nitrogens with one attached hydrogen (secondary N) is 1. The quantitative estimate of drug-likeness (QED) is 0.604. The molecule has 0 spiro atoms. The molecule has 2 atom stereocenters. The lowest BCUT2D eigenvalue weighted by Gasteiger charge is -2.43. The Morgan fingerprint density at radius 1 is 1.35 bits per heavy atom. The van der Waals surface area contributed by atoms with Gasteiger partial charge in [0, 0.05) is 18.8 Å². The van der Waals surface area contributed by atoms with Crippen LogP contribution in [0.3, 0.4) is 0 Å². The monoisotopic (exact) mass is 358 g/mol. The van der Waals surface area contributed by atoms with Crippen molar-refractivity contribution in [3.8, 4) is 0 Å². The summed E-state index contributed by atoms with van der Waals surface area (Å²) in [4.78, 5) is 25.5. The summed E-state index contributed by atoms with van der Waals surface area (Å²) in [5.41, 5.74) is 9.39. The molecule has 0 bridgehead atoms. The molecule has 26 heavy (non-hydrogen) atoms. The first-order valence-corrected chi connectivity index (χ1v) is 9.81. The van der Waals surface area contributed by atoms with Crippen LogP contribution in [0, 0.1) is 10.8 Å².